The van der Waals surface area contributed by atoms with Crippen molar-refractivity contribution in [2.75, 3.05) is 6.61 Å². The van der Waals surface area contributed by atoms with Crippen molar-refractivity contribution in [2.24, 2.45) is 0 Å². The van der Waals surface area contributed by atoms with Crippen LogP contribution in [0.3, 0.4) is 0 Å². The van der Waals surface area contributed by atoms with Gasteiger partial charge in [0.2, 0.25) is 0 Å². The first-order valence-electron chi connectivity index (χ1n) is 4.05. The molecule has 63 valence electrons. The Labute approximate surface area is 73.7 Å². The van der Waals surface area contributed by atoms with Crippen molar-refractivity contribution < 1.29 is 4.74 Å². The highest BCUT2D eigenvalue weighted by Crippen LogP contribution is 2.20. The minimum atomic E-state index is 0.696. The first kappa shape index (κ1) is 8.85. The van der Waals surface area contributed by atoms with Crippen molar-refractivity contribution in [3.8, 4) is 5.75 Å². The SMILES string of the molecule is C=[C]c1cccc(OCC)c1C. The van der Waals surface area contributed by atoms with Crippen LogP contribution in [0.15, 0.2) is 24.8 Å². The minimum absolute atomic E-state index is 0.696. The Balaban J connectivity index is 3.04. The Morgan fingerprint density at radius 1 is 1.50 bits per heavy atom. The molecule has 0 fully saturated rings. The highest BCUT2D eigenvalue weighted by Gasteiger charge is 2.00. The van der Waals surface area contributed by atoms with Crippen LogP contribution in [0.1, 0.15) is 18.1 Å². The minimum Gasteiger partial charge on any atom is -0.494 e. The molecule has 1 nitrogen and oxygen atoms in total. The van der Waals surface area contributed by atoms with Crippen LogP contribution < -0.4 is 4.74 Å². The Kier molecular flexibility index (Phi) is 2.92. The van der Waals surface area contributed by atoms with Gasteiger partial charge < -0.3 is 4.74 Å². The van der Waals surface area contributed by atoms with E-state index in [1.165, 1.54) is 0 Å². The summed E-state index contributed by atoms with van der Waals surface area (Å²) in [5, 5.41) is 0. The van der Waals surface area contributed by atoms with Crippen LogP contribution in [0.25, 0.3) is 0 Å². The van der Waals surface area contributed by atoms with E-state index in [2.05, 4.69) is 12.7 Å². The maximum atomic E-state index is 5.41. The van der Waals surface area contributed by atoms with E-state index >= 15 is 0 Å². The molecule has 0 N–H and O–H groups in total. The molecule has 1 aromatic rings. The second-order valence-electron chi connectivity index (χ2n) is 2.54. The fraction of sp³-hybridized carbons (Fsp3) is 0.273. The molecule has 0 aliphatic rings. The number of rotatable bonds is 3. The van der Waals surface area contributed by atoms with Gasteiger partial charge in [0.25, 0.3) is 0 Å². The van der Waals surface area contributed by atoms with Crippen LogP contribution in [0.5, 0.6) is 5.75 Å². The fourth-order valence-electron chi connectivity index (χ4n) is 1.12. The van der Waals surface area contributed by atoms with E-state index in [4.69, 9.17) is 4.74 Å². The summed E-state index contributed by atoms with van der Waals surface area (Å²) >= 11 is 0. The molecule has 0 bridgehead atoms. The summed E-state index contributed by atoms with van der Waals surface area (Å²) < 4.78 is 5.41. The Morgan fingerprint density at radius 3 is 2.83 bits per heavy atom. The van der Waals surface area contributed by atoms with E-state index in [-0.39, 0.29) is 0 Å². The summed E-state index contributed by atoms with van der Waals surface area (Å²) in [6.07, 6.45) is 2.86. The van der Waals surface area contributed by atoms with Gasteiger partial charge in [0.1, 0.15) is 5.75 Å². The second kappa shape index (κ2) is 3.96. The normalized spacial score (nSPS) is 9.50. The van der Waals surface area contributed by atoms with Gasteiger partial charge in [-0.3, -0.25) is 0 Å². The highest BCUT2D eigenvalue weighted by atomic mass is 16.5. The lowest BCUT2D eigenvalue weighted by Gasteiger charge is -2.08. The average Bonchev–Trinajstić information content (AvgIpc) is 2.09. The molecule has 0 atom stereocenters. The summed E-state index contributed by atoms with van der Waals surface area (Å²) in [6, 6.07) is 5.88. The van der Waals surface area contributed by atoms with E-state index in [0.29, 0.717) is 6.61 Å². The molecule has 0 unspecified atom stereocenters. The van der Waals surface area contributed by atoms with Gasteiger partial charge in [-0.1, -0.05) is 18.7 Å². The largest absolute Gasteiger partial charge is 0.494 e. The molecule has 0 aliphatic carbocycles. The Morgan fingerprint density at radius 2 is 2.25 bits per heavy atom. The van der Waals surface area contributed by atoms with Gasteiger partial charge in [-0.2, -0.15) is 0 Å². The zero-order chi connectivity index (χ0) is 8.97. The van der Waals surface area contributed by atoms with Crippen molar-refractivity contribution in [3.63, 3.8) is 0 Å². The Hall–Kier alpha value is -1.24. The number of ether oxygens (including phenoxy) is 1. The van der Waals surface area contributed by atoms with Crippen LogP contribution in [0, 0.1) is 13.0 Å². The van der Waals surface area contributed by atoms with Gasteiger partial charge in [0.15, 0.2) is 0 Å². The first-order chi connectivity index (χ1) is 5.79. The molecule has 0 saturated heterocycles. The molecule has 0 aromatic heterocycles. The van der Waals surface area contributed by atoms with Crippen molar-refractivity contribution in [1.82, 2.24) is 0 Å². The molecule has 1 radical (unpaired) electrons. The van der Waals surface area contributed by atoms with E-state index in [0.717, 1.165) is 16.9 Å². The van der Waals surface area contributed by atoms with Gasteiger partial charge in [-0.05, 0) is 37.1 Å². The van der Waals surface area contributed by atoms with Crippen molar-refractivity contribution in [1.29, 1.82) is 0 Å². The maximum absolute atomic E-state index is 5.41. The molecule has 1 heteroatoms. The van der Waals surface area contributed by atoms with Crippen LogP contribution in [-0.2, 0) is 0 Å². The third kappa shape index (κ3) is 1.67. The summed E-state index contributed by atoms with van der Waals surface area (Å²) in [5.41, 5.74) is 2.12. The first-order valence-corrected chi connectivity index (χ1v) is 4.05. The van der Waals surface area contributed by atoms with Gasteiger partial charge >= 0.3 is 0 Å². The lowest BCUT2D eigenvalue weighted by atomic mass is 10.1. The van der Waals surface area contributed by atoms with Crippen LogP contribution in [0.4, 0.5) is 0 Å². The van der Waals surface area contributed by atoms with E-state index in [9.17, 15) is 0 Å². The van der Waals surface area contributed by atoms with Crippen molar-refractivity contribution >= 4 is 0 Å². The molecule has 1 rings (SSSR count). The number of benzene rings is 1. The topological polar surface area (TPSA) is 9.23 Å². The lowest BCUT2D eigenvalue weighted by molar-refractivity contribution is 0.337. The predicted molar refractivity (Wildman–Crippen MR) is 50.3 cm³/mol. The molecule has 0 amide bonds. The van der Waals surface area contributed by atoms with Crippen LogP contribution in [0.2, 0.25) is 0 Å². The smallest absolute Gasteiger partial charge is 0.122 e. The van der Waals surface area contributed by atoms with Crippen LogP contribution >= 0.6 is 0 Å². The summed E-state index contributed by atoms with van der Waals surface area (Å²) in [6.45, 7) is 8.30. The van der Waals surface area contributed by atoms with Gasteiger partial charge in [0.05, 0.1) is 6.61 Å². The molecule has 0 spiro atoms. The molecular weight excluding hydrogens is 148 g/mol. The van der Waals surface area contributed by atoms with E-state index in [1.54, 1.807) is 0 Å². The highest BCUT2D eigenvalue weighted by molar-refractivity contribution is 5.41. The predicted octanol–water partition coefficient (Wildman–Crippen LogP) is 2.73. The zero-order valence-electron chi connectivity index (χ0n) is 7.55. The average molecular weight is 161 g/mol. The summed E-state index contributed by atoms with van der Waals surface area (Å²) in [7, 11) is 0. The van der Waals surface area contributed by atoms with E-state index in [1.807, 2.05) is 32.0 Å². The maximum Gasteiger partial charge on any atom is 0.122 e. The molecule has 0 aliphatic heterocycles. The number of hydrogen-bond donors (Lipinski definition) is 0. The van der Waals surface area contributed by atoms with Gasteiger partial charge in [0, 0.05) is 0 Å². The molecule has 0 saturated carbocycles. The molecule has 12 heavy (non-hydrogen) atoms. The van der Waals surface area contributed by atoms with Gasteiger partial charge in [-0.25, -0.2) is 0 Å². The Bertz CT molecular complexity index is 276. The molecule has 0 heterocycles. The van der Waals surface area contributed by atoms with E-state index < -0.39 is 0 Å². The standard InChI is InChI=1S/C11H13O/c1-4-10-7-6-8-11(9(10)3)12-5-2/h6-8H,1,5H2,2-3H3. The monoisotopic (exact) mass is 161 g/mol. The molecule has 1 aromatic carbocycles. The fourth-order valence-corrected chi connectivity index (χ4v) is 1.12. The van der Waals surface area contributed by atoms with Crippen LogP contribution in [-0.4, -0.2) is 6.61 Å². The lowest BCUT2D eigenvalue weighted by Crippen LogP contribution is -1.95. The zero-order valence-corrected chi connectivity index (χ0v) is 7.55. The summed E-state index contributed by atoms with van der Waals surface area (Å²) in [4.78, 5) is 0. The quantitative estimate of drug-likeness (QED) is 0.662. The molecular formula is C11H13O. The number of hydrogen-bond acceptors (Lipinski definition) is 1. The third-order valence-corrected chi connectivity index (χ3v) is 1.77. The second-order valence-corrected chi connectivity index (χ2v) is 2.54. The van der Waals surface area contributed by atoms with Crippen molar-refractivity contribution in [2.45, 2.75) is 13.8 Å². The van der Waals surface area contributed by atoms with Gasteiger partial charge in [-0.15, -0.1) is 0 Å². The van der Waals surface area contributed by atoms with Crippen molar-refractivity contribution in [3.05, 3.63) is 42.0 Å². The third-order valence-electron chi connectivity index (χ3n) is 1.77. The summed E-state index contributed by atoms with van der Waals surface area (Å²) in [5.74, 6) is 0.922.